The molecule has 0 heterocycles. The van der Waals surface area contributed by atoms with E-state index in [1.807, 2.05) is 60.7 Å². The van der Waals surface area contributed by atoms with Gasteiger partial charge in [-0.25, -0.2) is 9.59 Å². The van der Waals surface area contributed by atoms with E-state index >= 15 is 0 Å². The molecular weight excluding hydrogens is 412 g/mol. The van der Waals surface area contributed by atoms with Gasteiger partial charge in [-0.15, -0.1) is 0 Å². The molecule has 0 aliphatic carbocycles. The van der Waals surface area contributed by atoms with Crippen molar-refractivity contribution < 1.29 is 28.6 Å². The summed E-state index contributed by atoms with van der Waals surface area (Å²) in [6.07, 6.45) is 0.853. The highest BCUT2D eigenvalue weighted by molar-refractivity contribution is 5.72. The van der Waals surface area contributed by atoms with Gasteiger partial charge in [0.25, 0.3) is 0 Å². The van der Waals surface area contributed by atoms with Crippen molar-refractivity contribution in [2.45, 2.75) is 44.9 Å². The molecule has 0 saturated carbocycles. The number of carbonyl (C=O) groups excluding carboxylic acids is 3. The summed E-state index contributed by atoms with van der Waals surface area (Å²) >= 11 is 0. The Labute approximate surface area is 188 Å². The van der Waals surface area contributed by atoms with E-state index in [2.05, 4.69) is 10.6 Å². The number of ether oxygens (including phenoxy) is 3. The van der Waals surface area contributed by atoms with Gasteiger partial charge in [0.2, 0.25) is 0 Å². The van der Waals surface area contributed by atoms with Crippen LogP contribution < -0.4 is 10.6 Å². The predicted molar refractivity (Wildman–Crippen MR) is 119 cm³/mol. The van der Waals surface area contributed by atoms with E-state index in [0.29, 0.717) is 25.8 Å². The van der Waals surface area contributed by atoms with E-state index in [1.165, 1.54) is 7.11 Å². The zero-order valence-electron chi connectivity index (χ0n) is 18.3. The van der Waals surface area contributed by atoms with E-state index in [-0.39, 0.29) is 19.6 Å². The van der Waals surface area contributed by atoms with Crippen LogP contribution in [0.25, 0.3) is 0 Å². The maximum absolute atomic E-state index is 12.1. The molecule has 0 aromatic heterocycles. The molecule has 1 atom stereocenters. The van der Waals surface area contributed by atoms with Gasteiger partial charge in [-0.1, -0.05) is 60.7 Å². The summed E-state index contributed by atoms with van der Waals surface area (Å²) in [6, 6.07) is 18.3. The molecule has 0 bridgehead atoms. The first kappa shape index (κ1) is 24.7. The van der Waals surface area contributed by atoms with Crippen LogP contribution in [-0.2, 0) is 32.2 Å². The third kappa shape index (κ3) is 10.5. The lowest BCUT2D eigenvalue weighted by atomic mass is 10.1. The van der Waals surface area contributed by atoms with Crippen molar-refractivity contribution in [2.24, 2.45) is 0 Å². The van der Waals surface area contributed by atoms with Crippen molar-refractivity contribution in [1.82, 2.24) is 10.6 Å². The molecule has 172 valence electrons. The van der Waals surface area contributed by atoms with Crippen molar-refractivity contribution in [3.05, 3.63) is 71.8 Å². The summed E-state index contributed by atoms with van der Waals surface area (Å²) in [5.41, 5.74) is 1.79. The number of nitrogens with one attached hydrogen (secondary N) is 2. The Hall–Kier alpha value is -3.55. The van der Waals surface area contributed by atoms with Gasteiger partial charge in [0.15, 0.2) is 0 Å². The SMILES string of the molecule is COC(=O)C[C@@H](CCCCNC(=O)OCc1ccccc1)NC(=O)OCc1ccccc1. The molecule has 0 spiro atoms. The van der Waals surface area contributed by atoms with Gasteiger partial charge < -0.3 is 24.8 Å². The standard InChI is InChI=1S/C24H30N2O6/c1-30-22(27)16-21(26-24(29)32-18-20-12-6-3-7-13-20)14-8-9-15-25-23(28)31-17-19-10-4-2-5-11-19/h2-7,10-13,21H,8-9,14-18H2,1H3,(H,25,28)(H,26,29)/t21-/m1/s1. The molecule has 0 saturated heterocycles. The Morgan fingerprint density at radius 2 is 1.38 bits per heavy atom. The number of hydrogen-bond donors (Lipinski definition) is 2. The molecule has 0 radical (unpaired) electrons. The van der Waals surface area contributed by atoms with Gasteiger partial charge in [-0.3, -0.25) is 4.79 Å². The van der Waals surface area contributed by atoms with Crippen LogP contribution in [0.5, 0.6) is 0 Å². The number of hydrogen-bond acceptors (Lipinski definition) is 6. The van der Waals surface area contributed by atoms with Crippen molar-refractivity contribution >= 4 is 18.2 Å². The van der Waals surface area contributed by atoms with Gasteiger partial charge in [0, 0.05) is 12.6 Å². The van der Waals surface area contributed by atoms with Gasteiger partial charge in [-0.2, -0.15) is 0 Å². The molecule has 0 fully saturated rings. The summed E-state index contributed by atoms with van der Waals surface area (Å²) in [5.74, 6) is -0.416. The van der Waals surface area contributed by atoms with Gasteiger partial charge >= 0.3 is 18.2 Å². The van der Waals surface area contributed by atoms with Crippen molar-refractivity contribution in [3.63, 3.8) is 0 Å². The first-order valence-corrected chi connectivity index (χ1v) is 10.6. The lowest BCUT2D eigenvalue weighted by Crippen LogP contribution is -2.37. The number of unbranched alkanes of at least 4 members (excludes halogenated alkanes) is 1. The highest BCUT2D eigenvalue weighted by Gasteiger charge is 2.17. The first-order valence-electron chi connectivity index (χ1n) is 10.6. The van der Waals surface area contributed by atoms with Crippen LogP contribution >= 0.6 is 0 Å². The summed E-state index contributed by atoms with van der Waals surface area (Å²) in [4.78, 5) is 35.5. The minimum absolute atomic E-state index is 0.0451. The number of alkyl carbamates (subject to hydrolysis) is 2. The average Bonchev–Trinajstić information content (AvgIpc) is 2.82. The molecule has 32 heavy (non-hydrogen) atoms. The zero-order chi connectivity index (χ0) is 23.0. The topological polar surface area (TPSA) is 103 Å². The highest BCUT2D eigenvalue weighted by Crippen LogP contribution is 2.08. The van der Waals surface area contributed by atoms with Crippen molar-refractivity contribution in [1.29, 1.82) is 0 Å². The fraction of sp³-hybridized carbons (Fsp3) is 0.375. The third-order valence-electron chi connectivity index (χ3n) is 4.64. The molecule has 2 amide bonds. The fourth-order valence-corrected chi connectivity index (χ4v) is 2.92. The second-order valence-corrected chi connectivity index (χ2v) is 7.17. The van der Waals surface area contributed by atoms with Crippen LogP contribution in [0.3, 0.4) is 0 Å². The normalized spacial score (nSPS) is 11.2. The second kappa shape index (κ2) is 14.5. The lowest BCUT2D eigenvalue weighted by Gasteiger charge is -2.17. The molecule has 0 aliphatic rings. The summed E-state index contributed by atoms with van der Waals surface area (Å²) in [5, 5.41) is 5.41. The molecule has 0 unspecified atom stereocenters. The molecule has 2 aromatic carbocycles. The van der Waals surface area contributed by atoms with Crippen LogP contribution in [0.4, 0.5) is 9.59 Å². The second-order valence-electron chi connectivity index (χ2n) is 7.17. The Morgan fingerprint density at radius 1 is 0.812 bits per heavy atom. The van der Waals surface area contributed by atoms with Gasteiger partial charge in [-0.05, 0) is 30.4 Å². The minimum Gasteiger partial charge on any atom is -0.469 e. The number of rotatable bonds is 12. The molecule has 2 rings (SSSR count). The van der Waals surface area contributed by atoms with E-state index in [1.54, 1.807) is 0 Å². The Kier molecular flexibility index (Phi) is 11.2. The van der Waals surface area contributed by atoms with Crippen LogP contribution in [-0.4, -0.2) is 37.9 Å². The van der Waals surface area contributed by atoms with Crippen LogP contribution in [0.15, 0.2) is 60.7 Å². The molecule has 2 N–H and O–H groups in total. The number of carbonyl (C=O) groups is 3. The van der Waals surface area contributed by atoms with E-state index in [9.17, 15) is 14.4 Å². The van der Waals surface area contributed by atoms with Crippen LogP contribution in [0.2, 0.25) is 0 Å². The molecule has 8 nitrogen and oxygen atoms in total. The maximum atomic E-state index is 12.1. The molecule has 0 aliphatic heterocycles. The Bertz CT molecular complexity index is 829. The molecular formula is C24H30N2O6. The van der Waals surface area contributed by atoms with Gasteiger partial charge in [0.05, 0.1) is 13.5 Å². The number of benzene rings is 2. The largest absolute Gasteiger partial charge is 0.469 e. The number of amides is 2. The maximum Gasteiger partial charge on any atom is 0.407 e. The number of esters is 1. The third-order valence-corrected chi connectivity index (χ3v) is 4.64. The smallest absolute Gasteiger partial charge is 0.407 e. The van der Waals surface area contributed by atoms with E-state index < -0.39 is 24.2 Å². The van der Waals surface area contributed by atoms with Crippen LogP contribution in [0.1, 0.15) is 36.8 Å². The van der Waals surface area contributed by atoms with E-state index in [0.717, 1.165) is 11.1 Å². The summed E-state index contributed by atoms with van der Waals surface area (Å²) < 4.78 is 15.1. The molecule has 2 aromatic rings. The zero-order valence-corrected chi connectivity index (χ0v) is 18.3. The summed E-state index contributed by atoms with van der Waals surface area (Å²) in [7, 11) is 1.30. The van der Waals surface area contributed by atoms with Crippen molar-refractivity contribution in [2.75, 3.05) is 13.7 Å². The quantitative estimate of drug-likeness (QED) is 0.293. The highest BCUT2D eigenvalue weighted by atomic mass is 16.6. The minimum atomic E-state index is -0.592. The fourth-order valence-electron chi connectivity index (χ4n) is 2.92. The summed E-state index contributed by atoms with van der Waals surface area (Å²) in [6.45, 7) is 0.784. The van der Waals surface area contributed by atoms with Gasteiger partial charge in [0.1, 0.15) is 13.2 Å². The van der Waals surface area contributed by atoms with E-state index in [4.69, 9.17) is 14.2 Å². The number of methoxy groups -OCH3 is 1. The van der Waals surface area contributed by atoms with Crippen molar-refractivity contribution in [3.8, 4) is 0 Å². The predicted octanol–water partition coefficient (Wildman–Crippen LogP) is 3.94. The monoisotopic (exact) mass is 442 g/mol. The average molecular weight is 443 g/mol. The molecule has 8 heteroatoms. The van der Waals surface area contributed by atoms with Crippen LogP contribution in [0, 0.1) is 0 Å². The first-order chi connectivity index (χ1) is 15.6. The Morgan fingerprint density at radius 3 is 1.94 bits per heavy atom. The Balaban J connectivity index is 1.65. The lowest BCUT2D eigenvalue weighted by molar-refractivity contribution is -0.141.